The number of ether oxygens (including phenoxy) is 1. The second-order valence-electron chi connectivity index (χ2n) is 6.70. The van der Waals surface area contributed by atoms with E-state index < -0.39 is 0 Å². The number of anilines is 1. The predicted molar refractivity (Wildman–Crippen MR) is 122 cm³/mol. The minimum Gasteiger partial charge on any atom is -0.496 e. The van der Waals surface area contributed by atoms with E-state index in [0.717, 1.165) is 11.3 Å². The van der Waals surface area contributed by atoms with Gasteiger partial charge in [0, 0.05) is 17.5 Å². The topological polar surface area (TPSA) is 96.1 Å². The van der Waals surface area contributed by atoms with Crippen LogP contribution >= 0.6 is 22.9 Å². The van der Waals surface area contributed by atoms with E-state index >= 15 is 0 Å². The largest absolute Gasteiger partial charge is 0.496 e. The van der Waals surface area contributed by atoms with Crippen LogP contribution < -0.4 is 15.4 Å². The van der Waals surface area contributed by atoms with Crippen molar-refractivity contribution in [2.24, 2.45) is 0 Å². The first-order valence-electron chi connectivity index (χ1n) is 9.49. The van der Waals surface area contributed by atoms with Crippen molar-refractivity contribution in [2.75, 3.05) is 19.0 Å². The number of fused-ring (bicyclic) bond motifs is 1. The molecule has 2 amide bonds. The van der Waals surface area contributed by atoms with Crippen LogP contribution in [-0.2, 0) is 6.42 Å². The first-order chi connectivity index (χ1) is 15.1. The fourth-order valence-electron chi connectivity index (χ4n) is 3.20. The van der Waals surface area contributed by atoms with Gasteiger partial charge in [0.1, 0.15) is 15.8 Å². The quantitative estimate of drug-likeness (QED) is 0.382. The molecule has 0 saturated heterocycles. The number of hydrogen-bond donors (Lipinski definition) is 3. The van der Waals surface area contributed by atoms with Gasteiger partial charge < -0.3 is 15.4 Å². The number of hydrogen-bond acceptors (Lipinski definition) is 5. The number of benzene rings is 2. The van der Waals surface area contributed by atoms with E-state index in [1.807, 2.05) is 24.3 Å². The van der Waals surface area contributed by atoms with Gasteiger partial charge in [-0.2, -0.15) is 5.10 Å². The first kappa shape index (κ1) is 20.9. The summed E-state index contributed by atoms with van der Waals surface area (Å²) >= 11 is 7.33. The van der Waals surface area contributed by atoms with Crippen LogP contribution in [0.4, 0.5) is 5.69 Å². The molecule has 7 nitrogen and oxygen atoms in total. The molecule has 0 atom stereocenters. The summed E-state index contributed by atoms with van der Waals surface area (Å²) in [4.78, 5) is 25.8. The number of para-hydroxylation sites is 1. The number of rotatable bonds is 7. The molecule has 2 aromatic carbocycles. The van der Waals surface area contributed by atoms with E-state index in [0.29, 0.717) is 45.1 Å². The standard InChI is InChI=1S/C22H19ClN4O3S/c1-30-18-5-3-2-4-13(18)8-10-24-22(29)19-17(9-11-31-19)25-21(28)14-6-7-16-15(12-14)20(23)27-26-16/h2-7,9,11-12H,8,10H2,1H3,(H,24,29)(H,25,28)(H,26,27). The van der Waals surface area contributed by atoms with Crippen LogP contribution in [0.1, 0.15) is 25.6 Å². The van der Waals surface area contributed by atoms with Crippen LogP contribution in [-0.4, -0.2) is 35.7 Å². The Morgan fingerprint density at radius 3 is 2.84 bits per heavy atom. The van der Waals surface area contributed by atoms with Gasteiger partial charge in [0.15, 0.2) is 0 Å². The van der Waals surface area contributed by atoms with Crippen LogP contribution in [0.25, 0.3) is 10.9 Å². The summed E-state index contributed by atoms with van der Waals surface area (Å²) in [5.74, 6) is 0.213. The van der Waals surface area contributed by atoms with E-state index in [-0.39, 0.29) is 11.8 Å². The molecular formula is C22H19ClN4O3S. The van der Waals surface area contributed by atoms with Crippen molar-refractivity contribution in [3.63, 3.8) is 0 Å². The van der Waals surface area contributed by atoms with Crippen LogP contribution in [0.3, 0.4) is 0 Å². The maximum Gasteiger partial charge on any atom is 0.263 e. The Bertz CT molecular complexity index is 1250. The van der Waals surface area contributed by atoms with Crippen LogP contribution in [0.2, 0.25) is 5.15 Å². The third-order valence-electron chi connectivity index (χ3n) is 4.76. The van der Waals surface area contributed by atoms with Gasteiger partial charge in [-0.3, -0.25) is 14.7 Å². The van der Waals surface area contributed by atoms with Crippen molar-refractivity contribution in [1.82, 2.24) is 15.5 Å². The molecule has 2 aromatic heterocycles. The van der Waals surface area contributed by atoms with Crippen molar-refractivity contribution in [1.29, 1.82) is 0 Å². The number of nitrogens with zero attached hydrogens (tertiary/aromatic N) is 1. The lowest BCUT2D eigenvalue weighted by atomic mass is 10.1. The zero-order chi connectivity index (χ0) is 21.8. The lowest BCUT2D eigenvalue weighted by molar-refractivity contribution is 0.0959. The van der Waals surface area contributed by atoms with Crippen molar-refractivity contribution in [3.05, 3.63) is 75.1 Å². The highest BCUT2D eigenvalue weighted by Crippen LogP contribution is 2.25. The Balaban J connectivity index is 1.41. The minimum absolute atomic E-state index is 0.242. The number of halogens is 1. The van der Waals surface area contributed by atoms with Gasteiger partial charge in [-0.15, -0.1) is 11.3 Å². The molecule has 4 rings (SSSR count). The average Bonchev–Trinajstić information content (AvgIpc) is 3.40. The first-order valence-corrected chi connectivity index (χ1v) is 10.7. The Labute approximate surface area is 187 Å². The number of aromatic amines is 1. The maximum absolute atomic E-state index is 12.7. The molecule has 4 aromatic rings. The minimum atomic E-state index is -0.333. The smallest absolute Gasteiger partial charge is 0.263 e. The molecular weight excluding hydrogens is 436 g/mol. The molecule has 0 radical (unpaired) electrons. The molecule has 0 spiro atoms. The van der Waals surface area contributed by atoms with Gasteiger partial charge in [-0.1, -0.05) is 29.8 Å². The van der Waals surface area contributed by atoms with Crippen LogP contribution in [0, 0.1) is 0 Å². The summed E-state index contributed by atoms with van der Waals surface area (Å²) < 4.78 is 5.34. The van der Waals surface area contributed by atoms with Gasteiger partial charge in [0.25, 0.3) is 11.8 Å². The highest BCUT2D eigenvalue weighted by Gasteiger charge is 2.17. The summed E-state index contributed by atoms with van der Waals surface area (Å²) in [5, 5.41) is 15.2. The Hall–Kier alpha value is -3.36. The molecule has 3 N–H and O–H groups in total. The molecule has 0 unspecified atom stereocenters. The van der Waals surface area contributed by atoms with Crippen molar-refractivity contribution in [3.8, 4) is 5.75 Å². The summed E-state index contributed by atoms with van der Waals surface area (Å²) in [7, 11) is 1.62. The Morgan fingerprint density at radius 1 is 1.16 bits per heavy atom. The number of amides is 2. The highest BCUT2D eigenvalue weighted by molar-refractivity contribution is 7.12. The maximum atomic E-state index is 12.7. The highest BCUT2D eigenvalue weighted by atomic mass is 35.5. The lowest BCUT2D eigenvalue weighted by Gasteiger charge is -2.10. The van der Waals surface area contributed by atoms with Gasteiger partial charge in [0.2, 0.25) is 0 Å². The number of aromatic nitrogens is 2. The van der Waals surface area contributed by atoms with E-state index in [4.69, 9.17) is 16.3 Å². The fraction of sp³-hybridized carbons (Fsp3) is 0.136. The summed E-state index contributed by atoms with van der Waals surface area (Å²) in [6.45, 7) is 0.445. The number of carbonyl (C=O) groups excluding carboxylic acids is 2. The molecule has 0 aliphatic heterocycles. The summed E-state index contributed by atoms with van der Waals surface area (Å²) in [6.07, 6.45) is 0.633. The van der Waals surface area contributed by atoms with E-state index in [1.165, 1.54) is 11.3 Å². The van der Waals surface area contributed by atoms with E-state index in [1.54, 1.807) is 36.8 Å². The number of carbonyl (C=O) groups is 2. The van der Waals surface area contributed by atoms with Crippen LogP contribution in [0.5, 0.6) is 5.75 Å². The van der Waals surface area contributed by atoms with Gasteiger partial charge in [0.05, 0.1) is 18.3 Å². The second-order valence-corrected chi connectivity index (χ2v) is 8.00. The zero-order valence-corrected chi connectivity index (χ0v) is 18.1. The van der Waals surface area contributed by atoms with Crippen molar-refractivity contribution >= 4 is 51.3 Å². The number of methoxy groups -OCH3 is 1. The molecule has 0 fully saturated rings. The molecule has 31 heavy (non-hydrogen) atoms. The van der Waals surface area contributed by atoms with Gasteiger partial charge >= 0.3 is 0 Å². The molecule has 158 valence electrons. The average molecular weight is 455 g/mol. The Morgan fingerprint density at radius 2 is 2.00 bits per heavy atom. The van der Waals surface area contributed by atoms with Crippen molar-refractivity contribution < 1.29 is 14.3 Å². The SMILES string of the molecule is COc1ccccc1CCNC(=O)c1sccc1NC(=O)c1ccc2n[nH]c(Cl)c2c1. The molecule has 0 aliphatic carbocycles. The monoisotopic (exact) mass is 454 g/mol. The Kier molecular flexibility index (Phi) is 6.20. The molecule has 0 saturated carbocycles. The summed E-state index contributed by atoms with van der Waals surface area (Å²) in [5.41, 5.74) is 2.57. The molecule has 2 heterocycles. The number of thiophene rings is 1. The number of nitrogens with one attached hydrogen (secondary N) is 3. The van der Waals surface area contributed by atoms with Crippen molar-refractivity contribution in [2.45, 2.75) is 6.42 Å². The van der Waals surface area contributed by atoms with Crippen LogP contribution in [0.15, 0.2) is 53.9 Å². The van der Waals surface area contributed by atoms with Gasteiger partial charge in [-0.25, -0.2) is 0 Å². The normalized spacial score (nSPS) is 10.8. The van der Waals surface area contributed by atoms with E-state index in [2.05, 4.69) is 20.8 Å². The third-order valence-corrected chi connectivity index (χ3v) is 5.96. The second kappa shape index (κ2) is 9.20. The zero-order valence-electron chi connectivity index (χ0n) is 16.6. The molecule has 9 heteroatoms. The number of H-pyrrole nitrogens is 1. The van der Waals surface area contributed by atoms with E-state index in [9.17, 15) is 9.59 Å². The molecule has 0 aliphatic rings. The summed E-state index contributed by atoms with van der Waals surface area (Å²) in [6, 6.07) is 14.4. The predicted octanol–water partition coefficient (Wildman–Crippen LogP) is 4.51. The third kappa shape index (κ3) is 4.55. The fourth-order valence-corrected chi connectivity index (χ4v) is 4.16. The molecule has 0 bridgehead atoms. The lowest BCUT2D eigenvalue weighted by Crippen LogP contribution is -2.26. The van der Waals surface area contributed by atoms with Gasteiger partial charge in [-0.05, 0) is 47.7 Å².